The summed E-state index contributed by atoms with van der Waals surface area (Å²) >= 11 is 5.92. The number of rotatable bonds is 8. The number of hydrogen-bond acceptors (Lipinski definition) is 5. The van der Waals surface area contributed by atoms with Gasteiger partial charge in [-0.1, -0.05) is 11.6 Å². The minimum absolute atomic E-state index is 0.129. The monoisotopic (exact) mass is 402 g/mol. The third-order valence-electron chi connectivity index (χ3n) is 4.43. The minimum Gasteiger partial charge on any atom is -0.493 e. The molecular weight excluding hydrogens is 376 g/mol. The summed E-state index contributed by atoms with van der Waals surface area (Å²) in [7, 11) is -2.94. The lowest BCUT2D eigenvalue weighted by molar-refractivity contribution is -0.133. The molecule has 0 aliphatic carbocycles. The van der Waals surface area contributed by atoms with Gasteiger partial charge in [0, 0.05) is 50.4 Å². The molecule has 0 unspecified atom stereocenters. The summed E-state index contributed by atoms with van der Waals surface area (Å²) in [5.41, 5.74) is 0.981. The average Bonchev–Trinajstić information content (AvgIpc) is 2.58. The number of nitrogens with zero attached hydrogens (tertiary/aromatic N) is 2. The molecule has 0 atom stereocenters. The van der Waals surface area contributed by atoms with Crippen LogP contribution >= 0.6 is 11.6 Å². The molecule has 0 aromatic heterocycles. The van der Waals surface area contributed by atoms with E-state index in [1.165, 1.54) is 6.26 Å². The number of sulfone groups is 1. The van der Waals surface area contributed by atoms with Crippen molar-refractivity contribution >= 4 is 27.3 Å². The number of carbonyl (C=O) groups excluding carboxylic acids is 1. The fraction of sp³-hybridized carbons (Fsp3) is 0.611. The van der Waals surface area contributed by atoms with Crippen LogP contribution in [-0.4, -0.2) is 75.5 Å². The first-order valence-corrected chi connectivity index (χ1v) is 11.3. The quantitative estimate of drug-likeness (QED) is 0.622. The van der Waals surface area contributed by atoms with E-state index in [1.54, 1.807) is 6.07 Å². The van der Waals surface area contributed by atoms with Gasteiger partial charge >= 0.3 is 0 Å². The normalized spacial score (nSPS) is 15.9. The second-order valence-electron chi connectivity index (χ2n) is 6.71. The van der Waals surface area contributed by atoms with Gasteiger partial charge in [-0.05, 0) is 37.1 Å². The Morgan fingerprint density at radius 3 is 2.54 bits per heavy atom. The van der Waals surface area contributed by atoms with E-state index >= 15 is 0 Å². The number of halogens is 1. The smallest absolute Gasteiger partial charge is 0.222 e. The largest absolute Gasteiger partial charge is 0.493 e. The molecule has 8 heteroatoms. The number of amides is 1. The molecule has 1 heterocycles. The van der Waals surface area contributed by atoms with Crippen LogP contribution in [0.15, 0.2) is 18.2 Å². The van der Waals surface area contributed by atoms with E-state index in [0.717, 1.165) is 24.4 Å². The highest BCUT2D eigenvalue weighted by Crippen LogP contribution is 2.22. The van der Waals surface area contributed by atoms with Crippen molar-refractivity contribution in [1.82, 2.24) is 9.80 Å². The molecule has 146 valence electrons. The van der Waals surface area contributed by atoms with Crippen molar-refractivity contribution in [2.75, 3.05) is 51.3 Å². The third kappa shape index (κ3) is 7.13. The van der Waals surface area contributed by atoms with E-state index in [9.17, 15) is 13.2 Å². The second kappa shape index (κ2) is 9.58. The highest BCUT2D eigenvalue weighted by atomic mass is 35.5. The second-order valence-corrected chi connectivity index (χ2v) is 9.41. The molecule has 1 aromatic rings. The maximum atomic E-state index is 12.3. The molecule has 1 saturated heterocycles. The summed E-state index contributed by atoms with van der Waals surface area (Å²) in [6.45, 7) is 5.72. The van der Waals surface area contributed by atoms with Gasteiger partial charge < -0.3 is 9.64 Å². The zero-order chi connectivity index (χ0) is 19.2. The van der Waals surface area contributed by atoms with Gasteiger partial charge in [0.05, 0.1) is 12.4 Å². The Kier molecular flexibility index (Phi) is 7.73. The van der Waals surface area contributed by atoms with Gasteiger partial charge in [-0.3, -0.25) is 9.69 Å². The van der Waals surface area contributed by atoms with Crippen molar-refractivity contribution in [1.29, 1.82) is 0 Å². The van der Waals surface area contributed by atoms with Crippen LogP contribution in [0.5, 0.6) is 5.75 Å². The van der Waals surface area contributed by atoms with Crippen molar-refractivity contribution in [3.05, 3.63) is 28.8 Å². The number of aryl methyl sites for hydroxylation is 1. The predicted molar refractivity (Wildman–Crippen MR) is 104 cm³/mol. The van der Waals surface area contributed by atoms with E-state index < -0.39 is 9.84 Å². The summed E-state index contributed by atoms with van der Waals surface area (Å²) in [6.07, 6.45) is 2.37. The lowest BCUT2D eigenvalue weighted by atomic mass is 10.2. The molecule has 0 saturated carbocycles. The van der Waals surface area contributed by atoms with Crippen LogP contribution in [0.4, 0.5) is 0 Å². The number of benzene rings is 1. The van der Waals surface area contributed by atoms with Crippen LogP contribution in [0.3, 0.4) is 0 Å². The predicted octanol–water partition coefficient (Wildman–Crippen LogP) is 2.00. The molecule has 1 aliphatic rings. The Bertz CT molecular complexity index is 716. The Balaban J connectivity index is 1.64. The molecule has 1 fully saturated rings. The maximum Gasteiger partial charge on any atom is 0.222 e. The molecular formula is C18H27ClN2O4S. The first-order valence-electron chi connectivity index (χ1n) is 8.81. The van der Waals surface area contributed by atoms with Crippen LogP contribution in [0.2, 0.25) is 5.02 Å². The number of piperazine rings is 1. The van der Waals surface area contributed by atoms with Gasteiger partial charge in [-0.15, -0.1) is 0 Å². The molecule has 1 aromatic carbocycles. The Hall–Kier alpha value is -1.31. The van der Waals surface area contributed by atoms with Gasteiger partial charge in [-0.25, -0.2) is 8.42 Å². The van der Waals surface area contributed by atoms with Gasteiger partial charge in [0.15, 0.2) is 0 Å². The Morgan fingerprint density at radius 1 is 1.23 bits per heavy atom. The van der Waals surface area contributed by atoms with Crippen molar-refractivity contribution in [3.8, 4) is 5.75 Å². The number of ether oxygens (including phenoxy) is 1. The summed E-state index contributed by atoms with van der Waals surface area (Å²) in [4.78, 5) is 16.2. The highest BCUT2D eigenvalue weighted by Gasteiger charge is 2.21. The van der Waals surface area contributed by atoms with Crippen LogP contribution in [0.1, 0.15) is 18.4 Å². The van der Waals surface area contributed by atoms with Crippen LogP contribution < -0.4 is 4.74 Å². The van der Waals surface area contributed by atoms with Gasteiger partial charge in [0.25, 0.3) is 0 Å². The lowest BCUT2D eigenvalue weighted by Crippen LogP contribution is -2.49. The first kappa shape index (κ1) is 21.0. The first-order chi connectivity index (χ1) is 12.2. The Labute approximate surface area is 161 Å². The SMILES string of the molecule is Cc1cc(Cl)ccc1OCCCC(=O)N1CCN(CCS(C)(=O)=O)CC1. The summed E-state index contributed by atoms with van der Waals surface area (Å²) in [6, 6.07) is 5.48. The zero-order valence-electron chi connectivity index (χ0n) is 15.4. The van der Waals surface area contributed by atoms with Crippen molar-refractivity contribution < 1.29 is 17.9 Å². The van der Waals surface area contributed by atoms with E-state index in [2.05, 4.69) is 4.90 Å². The van der Waals surface area contributed by atoms with Gasteiger partial charge in [-0.2, -0.15) is 0 Å². The Morgan fingerprint density at radius 2 is 1.92 bits per heavy atom. The highest BCUT2D eigenvalue weighted by molar-refractivity contribution is 7.90. The van der Waals surface area contributed by atoms with Crippen molar-refractivity contribution in [3.63, 3.8) is 0 Å². The molecule has 6 nitrogen and oxygen atoms in total. The topological polar surface area (TPSA) is 66.9 Å². The zero-order valence-corrected chi connectivity index (χ0v) is 17.0. The van der Waals surface area contributed by atoms with E-state index in [4.69, 9.17) is 16.3 Å². The van der Waals surface area contributed by atoms with Crippen LogP contribution in [-0.2, 0) is 14.6 Å². The average molecular weight is 403 g/mol. The number of carbonyl (C=O) groups is 1. The van der Waals surface area contributed by atoms with E-state index in [0.29, 0.717) is 44.1 Å². The molecule has 0 N–H and O–H groups in total. The molecule has 0 bridgehead atoms. The molecule has 2 rings (SSSR count). The van der Waals surface area contributed by atoms with Crippen molar-refractivity contribution in [2.24, 2.45) is 0 Å². The molecule has 0 spiro atoms. The van der Waals surface area contributed by atoms with Gasteiger partial charge in [0.2, 0.25) is 5.91 Å². The lowest BCUT2D eigenvalue weighted by Gasteiger charge is -2.34. The van der Waals surface area contributed by atoms with Gasteiger partial charge in [0.1, 0.15) is 15.6 Å². The van der Waals surface area contributed by atoms with E-state index in [1.807, 2.05) is 24.0 Å². The summed E-state index contributed by atoms with van der Waals surface area (Å²) in [5, 5.41) is 0.681. The maximum absolute atomic E-state index is 12.3. The molecule has 26 heavy (non-hydrogen) atoms. The standard InChI is InChI=1S/C18H27ClN2O4S/c1-15-14-16(19)5-6-17(15)25-12-3-4-18(22)21-9-7-20(8-10-21)11-13-26(2,23)24/h5-6,14H,3-4,7-13H2,1-2H3. The fourth-order valence-electron chi connectivity index (χ4n) is 2.85. The molecule has 0 radical (unpaired) electrons. The van der Waals surface area contributed by atoms with E-state index in [-0.39, 0.29) is 11.7 Å². The van der Waals surface area contributed by atoms with Crippen LogP contribution in [0, 0.1) is 6.92 Å². The van der Waals surface area contributed by atoms with Crippen LogP contribution in [0.25, 0.3) is 0 Å². The van der Waals surface area contributed by atoms with Crippen molar-refractivity contribution in [2.45, 2.75) is 19.8 Å². The molecule has 1 aliphatic heterocycles. The summed E-state index contributed by atoms with van der Waals surface area (Å²) < 4.78 is 28.2. The number of hydrogen-bond donors (Lipinski definition) is 0. The minimum atomic E-state index is -2.94. The summed E-state index contributed by atoms with van der Waals surface area (Å²) in [5.74, 6) is 1.09. The fourth-order valence-corrected chi connectivity index (χ4v) is 3.67. The third-order valence-corrected chi connectivity index (χ3v) is 5.59. The molecule has 1 amide bonds.